The Balaban J connectivity index is 2.09. The molecule has 1 fully saturated rings. The van der Waals surface area contributed by atoms with Crippen LogP contribution in [0.15, 0.2) is 42.5 Å². The first-order valence-corrected chi connectivity index (χ1v) is 8.87. The third-order valence-electron chi connectivity index (χ3n) is 4.69. The van der Waals surface area contributed by atoms with Gasteiger partial charge in [0, 0.05) is 5.69 Å². The van der Waals surface area contributed by atoms with Crippen molar-refractivity contribution in [2.45, 2.75) is 25.6 Å². The van der Waals surface area contributed by atoms with Crippen molar-refractivity contribution in [2.24, 2.45) is 0 Å². The zero-order valence-corrected chi connectivity index (χ0v) is 16.6. The molecule has 0 spiro atoms. The lowest BCUT2D eigenvalue weighted by Gasteiger charge is -2.29. The quantitative estimate of drug-likeness (QED) is 0.686. The third-order valence-corrected chi connectivity index (χ3v) is 5.05. The molecular formula is C20H16F3N3O2S. The summed E-state index contributed by atoms with van der Waals surface area (Å²) in [6.45, 7) is 3.28. The molecule has 9 heteroatoms. The first-order valence-electron chi connectivity index (χ1n) is 8.46. The van der Waals surface area contributed by atoms with E-state index in [-0.39, 0.29) is 10.8 Å². The van der Waals surface area contributed by atoms with Gasteiger partial charge in [-0.1, -0.05) is 0 Å². The maximum absolute atomic E-state index is 13.4. The van der Waals surface area contributed by atoms with Gasteiger partial charge in [0.2, 0.25) is 0 Å². The molecule has 2 aromatic carbocycles. The average Bonchev–Trinajstić information content (AvgIpc) is 2.85. The van der Waals surface area contributed by atoms with E-state index in [4.69, 9.17) is 22.2 Å². The molecule has 0 saturated carbocycles. The van der Waals surface area contributed by atoms with Crippen molar-refractivity contribution >= 4 is 34.6 Å². The third kappa shape index (κ3) is 3.40. The van der Waals surface area contributed by atoms with Crippen molar-refractivity contribution in [3.05, 3.63) is 53.6 Å². The van der Waals surface area contributed by atoms with Crippen LogP contribution in [0.5, 0.6) is 5.75 Å². The van der Waals surface area contributed by atoms with Gasteiger partial charge >= 0.3 is 6.18 Å². The summed E-state index contributed by atoms with van der Waals surface area (Å²) >= 11 is 5.46. The molecule has 0 aliphatic carbocycles. The molecule has 0 bridgehead atoms. The number of benzene rings is 2. The molecule has 0 unspecified atom stereocenters. The molecule has 0 atom stereocenters. The number of amides is 1. The number of nitriles is 1. The van der Waals surface area contributed by atoms with Gasteiger partial charge < -0.3 is 9.64 Å². The minimum atomic E-state index is -4.74. The van der Waals surface area contributed by atoms with Gasteiger partial charge in [-0.05, 0) is 68.5 Å². The number of halogens is 3. The first-order chi connectivity index (χ1) is 13.5. The molecule has 2 aromatic rings. The highest BCUT2D eigenvalue weighted by molar-refractivity contribution is 7.81. The van der Waals surface area contributed by atoms with Crippen LogP contribution in [-0.4, -0.2) is 23.7 Å². The van der Waals surface area contributed by atoms with Crippen LogP contribution in [0.2, 0.25) is 0 Å². The fourth-order valence-electron chi connectivity index (χ4n) is 3.19. The summed E-state index contributed by atoms with van der Waals surface area (Å²) in [5.74, 6) is 0.137. The van der Waals surface area contributed by atoms with Gasteiger partial charge in [0.15, 0.2) is 5.11 Å². The highest BCUT2D eigenvalue weighted by Crippen LogP contribution is 2.39. The van der Waals surface area contributed by atoms with E-state index in [9.17, 15) is 18.0 Å². The first kappa shape index (κ1) is 20.6. The van der Waals surface area contributed by atoms with Crippen molar-refractivity contribution in [1.29, 1.82) is 5.26 Å². The van der Waals surface area contributed by atoms with Gasteiger partial charge in [0.05, 0.1) is 30.0 Å². The number of carbonyl (C=O) groups excluding carboxylic acids is 1. The van der Waals surface area contributed by atoms with Crippen LogP contribution in [0.3, 0.4) is 0 Å². The number of hydrogen-bond donors (Lipinski definition) is 0. The molecule has 0 radical (unpaired) electrons. The number of rotatable bonds is 3. The molecule has 0 aromatic heterocycles. The highest BCUT2D eigenvalue weighted by Gasteiger charge is 2.50. The Morgan fingerprint density at radius 3 is 2.21 bits per heavy atom. The van der Waals surface area contributed by atoms with Crippen molar-refractivity contribution in [1.82, 2.24) is 0 Å². The summed E-state index contributed by atoms with van der Waals surface area (Å²) in [7, 11) is 1.52. The zero-order chi connectivity index (χ0) is 21.6. The van der Waals surface area contributed by atoms with Crippen molar-refractivity contribution in [3.63, 3.8) is 0 Å². The molecule has 0 N–H and O–H groups in total. The standard InChI is InChI=1S/C20H16F3N3O2S/c1-19(2)17(27)25(14-5-4-12(11-24)16(10-14)20(21,22)23)18(29)26(19)13-6-8-15(28-3)9-7-13/h4-10H,1-3H3. The van der Waals surface area contributed by atoms with Crippen LogP contribution in [-0.2, 0) is 11.0 Å². The Bertz CT molecular complexity index is 1030. The number of anilines is 2. The summed E-state index contributed by atoms with van der Waals surface area (Å²) in [4.78, 5) is 15.7. The van der Waals surface area contributed by atoms with Gasteiger partial charge in [-0.3, -0.25) is 9.69 Å². The van der Waals surface area contributed by atoms with E-state index in [0.717, 1.165) is 17.0 Å². The summed E-state index contributed by atoms with van der Waals surface area (Å²) in [6, 6.07) is 11.4. The van der Waals surface area contributed by atoms with Crippen LogP contribution in [0.4, 0.5) is 24.5 Å². The van der Waals surface area contributed by atoms with Crippen LogP contribution in [0.1, 0.15) is 25.0 Å². The maximum Gasteiger partial charge on any atom is 0.417 e. The monoisotopic (exact) mass is 419 g/mol. The Morgan fingerprint density at radius 1 is 1.10 bits per heavy atom. The number of carbonyl (C=O) groups is 1. The molecule has 1 aliphatic heterocycles. The second-order valence-corrected chi connectivity index (χ2v) is 7.22. The number of hydrogen-bond acceptors (Lipinski definition) is 4. The molecule has 1 amide bonds. The van der Waals surface area contributed by atoms with Crippen molar-refractivity contribution in [2.75, 3.05) is 16.9 Å². The fourth-order valence-corrected chi connectivity index (χ4v) is 3.71. The summed E-state index contributed by atoms with van der Waals surface area (Å²) in [5.41, 5.74) is -2.21. The number of thiocarbonyl (C=S) groups is 1. The SMILES string of the molecule is COc1ccc(N2C(=S)N(c3ccc(C#N)c(C(F)(F)F)c3)C(=O)C2(C)C)cc1. The predicted octanol–water partition coefficient (Wildman–Crippen LogP) is 4.50. The van der Waals surface area contributed by atoms with E-state index in [2.05, 4.69) is 0 Å². The second-order valence-electron chi connectivity index (χ2n) is 6.86. The smallest absolute Gasteiger partial charge is 0.417 e. The molecule has 29 heavy (non-hydrogen) atoms. The molecule has 1 heterocycles. The Morgan fingerprint density at radius 2 is 1.69 bits per heavy atom. The molecular weight excluding hydrogens is 403 g/mol. The molecule has 5 nitrogen and oxygen atoms in total. The maximum atomic E-state index is 13.4. The van der Waals surface area contributed by atoms with E-state index in [0.29, 0.717) is 11.4 Å². The molecule has 3 rings (SSSR count). The minimum absolute atomic E-state index is 0.0444. The van der Waals surface area contributed by atoms with E-state index >= 15 is 0 Å². The Labute approximate surface area is 170 Å². The van der Waals surface area contributed by atoms with E-state index in [1.807, 2.05) is 0 Å². The predicted molar refractivity (Wildman–Crippen MR) is 106 cm³/mol. The van der Waals surface area contributed by atoms with E-state index in [1.54, 1.807) is 43.0 Å². The Kier molecular flexibility index (Phi) is 5.01. The normalized spacial score (nSPS) is 16.2. The van der Waals surface area contributed by atoms with Gasteiger partial charge in [-0.15, -0.1) is 0 Å². The summed E-state index contributed by atoms with van der Waals surface area (Å²) < 4.78 is 45.2. The van der Waals surface area contributed by atoms with Gasteiger partial charge in [0.25, 0.3) is 5.91 Å². The average molecular weight is 419 g/mol. The lowest BCUT2D eigenvalue weighted by Crippen LogP contribution is -2.44. The fraction of sp³-hybridized carbons (Fsp3) is 0.250. The number of ether oxygens (including phenoxy) is 1. The zero-order valence-electron chi connectivity index (χ0n) is 15.7. The van der Waals surface area contributed by atoms with Crippen LogP contribution < -0.4 is 14.5 Å². The lowest BCUT2D eigenvalue weighted by atomic mass is 10.0. The van der Waals surface area contributed by atoms with Gasteiger partial charge in [-0.2, -0.15) is 18.4 Å². The van der Waals surface area contributed by atoms with Crippen molar-refractivity contribution < 1.29 is 22.7 Å². The molecule has 150 valence electrons. The number of alkyl halides is 3. The number of nitrogens with zero attached hydrogens (tertiary/aromatic N) is 3. The van der Waals surface area contributed by atoms with E-state index < -0.39 is 28.7 Å². The lowest BCUT2D eigenvalue weighted by molar-refractivity contribution is -0.137. The molecule has 1 saturated heterocycles. The van der Waals surface area contributed by atoms with Gasteiger partial charge in [0.1, 0.15) is 11.3 Å². The largest absolute Gasteiger partial charge is 0.497 e. The van der Waals surface area contributed by atoms with Crippen LogP contribution >= 0.6 is 12.2 Å². The van der Waals surface area contributed by atoms with Crippen LogP contribution in [0.25, 0.3) is 0 Å². The van der Waals surface area contributed by atoms with Crippen molar-refractivity contribution in [3.8, 4) is 11.8 Å². The highest BCUT2D eigenvalue weighted by atomic mass is 32.1. The second kappa shape index (κ2) is 7.04. The number of methoxy groups -OCH3 is 1. The topological polar surface area (TPSA) is 56.6 Å². The minimum Gasteiger partial charge on any atom is -0.497 e. The van der Waals surface area contributed by atoms with E-state index in [1.165, 1.54) is 19.2 Å². The van der Waals surface area contributed by atoms with Crippen LogP contribution in [0, 0.1) is 11.3 Å². The Hall–Kier alpha value is -3.12. The molecule has 1 aliphatic rings. The summed E-state index contributed by atoms with van der Waals surface area (Å²) in [6.07, 6.45) is -4.74. The van der Waals surface area contributed by atoms with Gasteiger partial charge in [-0.25, -0.2) is 0 Å². The summed E-state index contributed by atoms with van der Waals surface area (Å²) in [5, 5.41) is 9.03.